The number of anilines is 2. The van der Waals surface area contributed by atoms with Gasteiger partial charge in [0.1, 0.15) is 11.5 Å². The zero-order valence-corrected chi connectivity index (χ0v) is 17.5. The number of halogens is 1. The van der Waals surface area contributed by atoms with Gasteiger partial charge < -0.3 is 5.32 Å². The van der Waals surface area contributed by atoms with Crippen LogP contribution in [0.3, 0.4) is 0 Å². The minimum atomic E-state index is -0.559. The molecule has 4 aromatic rings. The number of aromatic nitrogens is 3. The second-order valence-corrected chi connectivity index (χ2v) is 7.53. The summed E-state index contributed by atoms with van der Waals surface area (Å²) in [4.78, 5) is 40.1. The predicted octanol–water partition coefficient (Wildman–Crippen LogP) is 3.71. The summed E-state index contributed by atoms with van der Waals surface area (Å²) in [6.07, 6.45) is 0. The van der Waals surface area contributed by atoms with Gasteiger partial charge in [0.15, 0.2) is 5.13 Å². The van der Waals surface area contributed by atoms with E-state index in [0.717, 1.165) is 16.0 Å². The molecule has 160 valence electrons. The Morgan fingerprint density at radius 3 is 2.53 bits per heavy atom. The number of hydrogen-bond donors (Lipinski definition) is 2. The first-order valence-electron chi connectivity index (χ1n) is 9.41. The summed E-state index contributed by atoms with van der Waals surface area (Å²) in [7, 11) is 0. The van der Waals surface area contributed by atoms with Crippen molar-refractivity contribution in [3.8, 4) is 16.9 Å². The van der Waals surface area contributed by atoms with Gasteiger partial charge in [0, 0.05) is 29.6 Å². The van der Waals surface area contributed by atoms with Crippen LogP contribution in [-0.4, -0.2) is 26.6 Å². The van der Waals surface area contributed by atoms with Gasteiger partial charge in [0.05, 0.1) is 11.4 Å². The fraction of sp³-hybridized carbons (Fsp3) is 0.0455. The Hall–Kier alpha value is -4.18. The molecule has 0 saturated carbocycles. The van der Waals surface area contributed by atoms with E-state index >= 15 is 0 Å². The van der Waals surface area contributed by atoms with Crippen LogP contribution in [0.5, 0.6) is 0 Å². The molecule has 0 fully saturated rings. The van der Waals surface area contributed by atoms with E-state index in [4.69, 9.17) is 0 Å². The Kier molecular flexibility index (Phi) is 5.86. The van der Waals surface area contributed by atoms with Crippen LogP contribution in [-0.2, 0) is 4.79 Å². The summed E-state index contributed by atoms with van der Waals surface area (Å²) in [5.41, 5.74) is 1.08. The highest BCUT2D eigenvalue weighted by atomic mass is 32.1. The summed E-state index contributed by atoms with van der Waals surface area (Å²) < 4.78 is 15.6. The highest BCUT2D eigenvalue weighted by Crippen LogP contribution is 2.28. The lowest BCUT2D eigenvalue weighted by Crippen LogP contribution is -2.24. The van der Waals surface area contributed by atoms with Crippen molar-refractivity contribution in [1.29, 1.82) is 0 Å². The Balaban J connectivity index is 1.54. The number of nitrogens with one attached hydrogen (secondary N) is 2. The molecule has 0 unspecified atom stereocenters. The van der Waals surface area contributed by atoms with Crippen LogP contribution in [0.15, 0.2) is 70.8 Å². The van der Waals surface area contributed by atoms with Crippen LogP contribution >= 0.6 is 11.3 Å². The van der Waals surface area contributed by atoms with Crippen LogP contribution < -0.4 is 16.2 Å². The fourth-order valence-electron chi connectivity index (χ4n) is 2.91. The minimum absolute atomic E-state index is 0.0241. The first-order chi connectivity index (χ1) is 15.4. The second-order valence-electron chi connectivity index (χ2n) is 6.67. The molecule has 0 radical (unpaired) electrons. The van der Waals surface area contributed by atoms with Gasteiger partial charge in [-0.05, 0) is 36.4 Å². The fourth-order valence-corrected chi connectivity index (χ4v) is 3.61. The molecular weight excluding hydrogens is 433 g/mol. The molecule has 0 aliphatic heterocycles. The van der Waals surface area contributed by atoms with Crippen LogP contribution in [0, 0.1) is 5.82 Å². The van der Waals surface area contributed by atoms with Crippen LogP contribution in [0.2, 0.25) is 0 Å². The third-order valence-corrected chi connectivity index (χ3v) is 5.08. The van der Waals surface area contributed by atoms with E-state index in [1.807, 2.05) is 0 Å². The summed E-state index contributed by atoms with van der Waals surface area (Å²) in [5, 5.41) is 11.1. The first-order valence-corrected chi connectivity index (χ1v) is 10.3. The van der Waals surface area contributed by atoms with Gasteiger partial charge >= 0.3 is 0 Å². The Labute approximate surface area is 185 Å². The maximum Gasteiger partial charge on any atom is 0.277 e. The average molecular weight is 449 g/mol. The topological polar surface area (TPSA) is 106 Å². The number of benzene rings is 2. The molecule has 2 aromatic carbocycles. The van der Waals surface area contributed by atoms with E-state index in [-0.39, 0.29) is 27.9 Å². The number of hydrogen-bond acceptors (Lipinski definition) is 6. The summed E-state index contributed by atoms with van der Waals surface area (Å²) >= 11 is 1.12. The average Bonchev–Trinajstić information content (AvgIpc) is 3.22. The molecule has 2 amide bonds. The molecule has 0 aliphatic carbocycles. The van der Waals surface area contributed by atoms with Gasteiger partial charge in [0.25, 0.3) is 11.5 Å². The molecule has 2 heterocycles. The summed E-state index contributed by atoms with van der Waals surface area (Å²) in [6.45, 7) is 1.34. The monoisotopic (exact) mass is 449 g/mol. The smallest absolute Gasteiger partial charge is 0.277 e. The number of carbonyl (C=O) groups is 2. The minimum Gasteiger partial charge on any atom is -0.326 e. The standard InChI is InChI=1S/C22H16FN5O3S/c1-13(29)24-14-7-8-16(17(23)11-14)19-12-32-22(25-19)26-21(31)18-9-10-20(30)28(27-18)15-5-3-2-4-6-15/h2-12H,1H3,(H,24,29)(H,25,26,31). The maximum atomic E-state index is 14.5. The first kappa shape index (κ1) is 21.1. The lowest BCUT2D eigenvalue weighted by molar-refractivity contribution is -0.114. The van der Waals surface area contributed by atoms with E-state index in [2.05, 4.69) is 20.7 Å². The largest absolute Gasteiger partial charge is 0.326 e. The normalized spacial score (nSPS) is 10.6. The van der Waals surface area contributed by atoms with Gasteiger partial charge in [-0.15, -0.1) is 11.3 Å². The van der Waals surface area contributed by atoms with Crippen molar-refractivity contribution >= 4 is 34.0 Å². The van der Waals surface area contributed by atoms with Gasteiger partial charge in [-0.2, -0.15) is 9.78 Å². The van der Waals surface area contributed by atoms with Gasteiger partial charge in [-0.3, -0.25) is 19.7 Å². The molecule has 2 aromatic heterocycles. The predicted molar refractivity (Wildman–Crippen MR) is 120 cm³/mol. The quantitative estimate of drug-likeness (QED) is 0.483. The Morgan fingerprint density at radius 2 is 1.81 bits per heavy atom. The maximum absolute atomic E-state index is 14.5. The molecule has 2 N–H and O–H groups in total. The number of para-hydroxylation sites is 1. The van der Waals surface area contributed by atoms with E-state index in [9.17, 15) is 18.8 Å². The third-order valence-electron chi connectivity index (χ3n) is 4.32. The Bertz CT molecular complexity index is 1370. The number of rotatable bonds is 5. The molecule has 0 bridgehead atoms. The molecule has 10 heteroatoms. The summed E-state index contributed by atoms with van der Waals surface area (Å²) in [6, 6.07) is 15.6. The molecule has 4 rings (SSSR count). The van der Waals surface area contributed by atoms with E-state index < -0.39 is 11.7 Å². The van der Waals surface area contributed by atoms with Crippen LogP contribution in [0.25, 0.3) is 16.9 Å². The van der Waals surface area contributed by atoms with Gasteiger partial charge in [-0.1, -0.05) is 18.2 Å². The molecule has 8 nitrogen and oxygen atoms in total. The highest BCUT2D eigenvalue weighted by Gasteiger charge is 2.15. The number of thiazole rings is 1. The lowest BCUT2D eigenvalue weighted by atomic mass is 10.1. The van der Waals surface area contributed by atoms with E-state index in [1.54, 1.807) is 41.8 Å². The number of carbonyl (C=O) groups excluding carboxylic acids is 2. The molecule has 0 spiro atoms. The lowest BCUT2D eigenvalue weighted by Gasteiger charge is -2.06. The zero-order valence-electron chi connectivity index (χ0n) is 16.7. The van der Waals surface area contributed by atoms with E-state index in [1.165, 1.54) is 31.2 Å². The number of amides is 2. The number of nitrogens with zero attached hydrogens (tertiary/aromatic N) is 3. The summed E-state index contributed by atoms with van der Waals surface area (Å²) in [5.74, 6) is -1.42. The molecule has 0 aliphatic rings. The molecule has 0 atom stereocenters. The zero-order chi connectivity index (χ0) is 22.7. The highest BCUT2D eigenvalue weighted by molar-refractivity contribution is 7.14. The van der Waals surface area contributed by atoms with E-state index in [0.29, 0.717) is 17.1 Å². The van der Waals surface area contributed by atoms with Crippen molar-refractivity contribution in [2.24, 2.45) is 0 Å². The van der Waals surface area contributed by atoms with Crippen molar-refractivity contribution in [3.05, 3.63) is 87.9 Å². The van der Waals surface area contributed by atoms with Crippen molar-refractivity contribution in [2.45, 2.75) is 6.92 Å². The van der Waals surface area contributed by atoms with Crippen molar-refractivity contribution in [2.75, 3.05) is 10.6 Å². The molecular formula is C22H16FN5O3S. The van der Waals surface area contributed by atoms with Crippen molar-refractivity contribution in [3.63, 3.8) is 0 Å². The van der Waals surface area contributed by atoms with Gasteiger partial charge in [-0.25, -0.2) is 9.37 Å². The van der Waals surface area contributed by atoms with Gasteiger partial charge in [0.2, 0.25) is 5.91 Å². The second kappa shape index (κ2) is 8.90. The van der Waals surface area contributed by atoms with Crippen molar-refractivity contribution < 1.29 is 14.0 Å². The molecule has 32 heavy (non-hydrogen) atoms. The van der Waals surface area contributed by atoms with Crippen LogP contribution in [0.4, 0.5) is 15.2 Å². The molecule has 0 saturated heterocycles. The third kappa shape index (κ3) is 4.60. The van der Waals surface area contributed by atoms with Crippen LogP contribution in [0.1, 0.15) is 17.4 Å². The van der Waals surface area contributed by atoms with Crippen molar-refractivity contribution in [1.82, 2.24) is 14.8 Å². The SMILES string of the molecule is CC(=O)Nc1ccc(-c2csc(NC(=O)c3ccc(=O)n(-c4ccccc4)n3)n2)c(F)c1. The Morgan fingerprint density at radius 1 is 1.03 bits per heavy atom.